The Kier molecular flexibility index (Phi) is 7.72. The maximum absolute atomic E-state index is 13.4. The number of alkyl halides is 3. The van der Waals surface area contributed by atoms with Crippen LogP contribution in [0.15, 0.2) is 24.3 Å². The largest absolute Gasteiger partial charge is 0.472 e. The third-order valence-corrected chi connectivity index (χ3v) is 5.37. The fraction of sp³-hybridized carbons (Fsp3) is 0.294. The van der Waals surface area contributed by atoms with Gasteiger partial charge in [-0.05, 0) is 25.0 Å². The summed E-state index contributed by atoms with van der Waals surface area (Å²) in [6.45, 7) is 0.703. The Morgan fingerprint density at radius 1 is 0.882 bits per heavy atom. The van der Waals surface area contributed by atoms with Crippen molar-refractivity contribution in [3.05, 3.63) is 82.4 Å². The second kappa shape index (κ2) is 9.80. The predicted octanol–water partition coefficient (Wildman–Crippen LogP) is 4.88. The molecule has 0 saturated heterocycles. The molecular formula is C17H15F3N3O10P. The fourth-order valence-corrected chi connectivity index (χ4v) is 3.63. The summed E-state index contributed by atoms with van der Waals surface area (Å²) in [5, 5.41) is 33.3. The van der Waals surface area contributed by atoms with Crippen molar-refractivity contribution in [2.45, 2.75) is 33.2 Å². The molecular weight excluding hydrogens is 494 g/mol. The normalized spacial score (nSPS) is 13.4. The second-order valence-corrected chi connectivity index (χ2v) is 8.31. The lowest BCUT2D eigenvalue weighted by molar-refractivity contribution is -0.395. The summed E-state index contributed by atoms with van der Waals surface area (Å²) in [6, 6.07) is 2.96. The van der Waals surface area contributed by atoms with Crippen molar-refractivity contribution in [2.24, 2.45) is 0 Å². The molecule has 0 amide bonds. The van der Waals surface area contributed by atoms with Gasteiger partial charge < -0.3 is 4.89 Å². The summed E-state index contributed by atoms with van der Waals surface area (Å²) >= 11 is 0. The highest BCUT2D eigenvalue weighted by Gasteiger charge is 2.40. The van der Waals surface area contributed by atoms with Gasteiger partial charge in [0.05, 0.1) is 50.7 Å². The molecule has 0 fully saturated rings. The van der Waals surface area contributed by atoms with Crippen LogP contribution < -0.4 is 0 Å². The van der Waals surface area contributed by atoms with E-state index in [1.807, 2.05) is 0 Å². The minimum Gasteiger partial charge on any atom is -0.302 e. The Hall–Kier alpha value is -3.46. The first-order chi connectivity index (χ1) is 15.5. The molecule has 0 heterocycles. The van der Waals surface area contributed by atoms with Gasteiger partial charge in [0.1, 0.15) is 0 Å². The molecule has 0 spiro atoms. The molecule has 0 bridgehead atoms. The van der Waals surface area contributed by atoms with Crippen molar-refractivity contribution in [3.8, 4) is 0 Å². The van der Waals surface area contributed by atoms with E-state index in [0.29, 0.717) is 11.1 Å². The molecule has 17 heteroatoms. The Morgan fingerprint density at radius 3 is 1.85 bits per heavy atom. The second-order valence-electron chi connectivity index (χ2n) is 6.86. The summed E-state index contributed by atoms with van der Waals surface area (Å²) in [5.41, 5.74) is -5.39. The summed E-state index contributed by atoms with van der Waals surface area (Å²) in [4.78, 5) is 39.8. The Morgan fingerprint density at radius 2 is 1.38 bits per heavy atom. The predicted molar refractivity (Wildman–Crippen MR) is 107 cm³/mol. The average molecular weight is 509 g/mol. The van der Waals surface area contributed by atoms with E-state index in [0.717, 1.165) is 0 Å². The summed E-state index contributed by atoms with van der Waals surface area (Å²) in [7, 11) is -5.20. The molecule has 2 aromatic carbocycles. The third kappa shape index (κ3) is 6.32. The lowest BCUT2D eigenvalue weighted by Crippen LogP contribution is -2.13. The van der Waals surface area contributed by atoms with Crippen molar-refractivity contribution >= 4 is 24.9 Å². The van der Waals surface area contributed by atoms with Gasteiger partial charge in [0.2, 0.25) is 0 Å². The maximum atomic E-state index is 13.4. The summed E-state index contributed by atoms with van der Waals surface area (Å²) in [6.07, 6.45) is -5.31. The first-order valence-corrected chi connectivity index (χ1v) is 10.4. The zero-order valence-corrected chi connectivity index (χ0v) is 18.2. The third-order valence-electron chi connectivity index (χ3n) is 4.46. The minimum absolute atomic E-state index is 0.0217. The molecule has 1 unspecified atom stereocenters. The van der Waals surface area contributed by atoms with Crippen LogP contribution in [0.1, 0.15) is 27.8 Å². The van der Waals surface area contributed by atoms with Gasteiger partial charge >= 0.3 is 14.0 Å². The Labute approximate surface area is 187 Å². The van der Waals surface area contributed by atoms with E-state index in [4.69, 9.17) is 0 Å². The molecule has 2 aromatic rings. The van der Waals surface area contributed by atoms with Gasteiger partial charge in [0.25, 0.3) is 17.1 Å². The smallest absolute Gasteiger partial charge is 0.302 e. The monoisotopic (exact) mass is 509 g/mol. The minimum atomic E-state index is -5.31. The van der Waals surface area contributed by atoms with Crippen LogP contribution in [-0.4, -0.2) is 19.7 Å². The number of benzene rings is 2. The van der Waals surface area contributed by atoms with E-state index in [-0.39, 0.29) is 17.7 Å². The zero-order chi connectivity index (χ0) is 26.0. The van der Waals surface area contributed by atoms with Crippen LogP contribution in [0.25, 0.3) is 0 Å². The number of phosphoric acid groups is 1. The summed E-state index contributed by atoms with van der Waals surface area (Å²) in [5.74, 6) is 0. The summed E-state index contributed by atoms with van der Waals surface area (Å²) < 4.78 is 61.5. The molecule has 0 aromatic heterocycles. The topological polar surface area (TPSA) is 185 Å². The van der Waals surface area contributed by atoms with Gasteiger partial charge in [-0.15, -0.1) is 0 Å². The molecule has 13 nitrogen and oxygen atoms in total. The number of aryl methyl sites for hydroxylation is 2. The van der Waals surface area contributed by atoms with E-state index in [1.54, 1.807) is 6.92 Å². The van der Waals surface area contributed by atoms with Crippen LogP contribution in [0, 0.1) is 44.2 Å². The number of rotatable bonds is 9. The van der Waals surface area contributed by atoms with Gasteiger partial charge in [-0.3, -0.25) is 39.4 Å². The lowest BCUT2D eigenvalue weighted by Gasteiger charge is -2.16. The van der Waals surface area contributed by atoms with Gasteiger partial charge in [-0.2, -0.15) is 13.2 Å². The zero-order valence-electron chi connectivity index (χ0n) is 17.3. The van der Waals surface area contributed by atoms with Crippen LogP contribution in [-0.2, 0) is 33.0 Å². The van der Waals surface area contributed by atoms with Crippen LogP contribution in [0.5, 0.6) is 0 Å². The van der Waals surface area contributed by atoms with Crippen LogP contribution in [0.2, 0.25) is 0 Å². The number of hydrogen-bond acceptors (Lipinski definition) is 9. The van der Waals surface area contributed by atoms with Gasteiger partial charge in [0.15, 0.2) is 0 Å². The molecule has 34 heavy (non-hydrogen) atoms. The highest BCUT2D eigenvalue weighted by atomic mass is 31.2. The molecule has 2 rings (SSSR count). The van der Waals surface area contributed by atoms with Crippen LogP contribution in [0.3, 0.4) is 0 Å². The molecule has 0 aliphatic heterocycles. The molecule has 1 atom stereocenters. The van der Waals surface area contributed by atoms with Crippen LogP contribution >= 0.6 is 7.82 Å². The van der Waals surface area contributed by atoms with Crippen molar-refractivity contribution in [1.82, 2.24) is 0 Å². The van der Waals surface area contributed by atoms with E-state index in [1.165, 1.54) is 19.1 Å². The Bertz CT molecular complexity index is 1220. The highest BCUT2D eigenvalue weighted by molar-refractivity contribution is 7.47. The molecule has 0 saturated carbocycles. The van der Waals surface area contributed by atoms with Crippen molar-refractivity contribution < 1.29 is 46.4 Å². The van der Waals surface area contributed by atoms with E-state index in [9.17, 15) is 53.0 Å². The molecule has 184 valence electrons. The van der Waals surface area contributed by atoms with Crippen molar-refractivity contribution in [2.75, 3.05) is 0 Å². The number of nitro groups is 3. The quantitative estimate of drug-likeness (QED) is 0.277. The standard InChI is InChI=1S/C17H15F3N3O10P/c1-9-3-10(2)12(15(4-9)22(26)27)7-32-34(30,31)33-8-13-14(17(18,19)20)5-11(21(24)25)6-16(13)23(28)29/h3-6H,7-8H2,1-2H3,(H,30,31). The molecule has 0 aliphatic carbocycles. The maximum Gasteiger partial charge on any atom is 0.472 e. The van der Waals surface area contributed by atoms with E-state index in [2.05, 4.69) is 9.05 Å². The SMILES string of the molecule is Cc1cc(C)c(COP(=O)(O)OCc2c([N+](=O)[O-])cc([N+](=O)[O-])cc2C(F)(F)F)c([N+](=O)[O-])c1. The number of nitrogens with zero attached hydrogens (tertiary/aromatic N) is 3. The van der Waals surface area contributed by atoms with Crippen molar-refractivity contribution in [3.63, 3.8) is 0 Å². The fourth-order valence-electron chi connectivity index (χ4n) is 2.97. The highest BCUT2D eigenvalue weighted by Crippen LogP contribution is 2.48. The molecule has 0 aliphatic rings. The van der Waals surface area contributed by atoms with Crippen LogP contribution in [0.4, 0.5) is 30.2 Å². The van der Waals surface area contributed by atoms with Gasteiger partial charge in [-0.1, -0.05) is 6.07 Å². The number of nitro benzene ring substituents is 3. The first-order valence-electron chi connectivity index (χ1n) is 8.92. The van der Waals surface area contributed by atoms with Gasteiger partial charge in [-0.25, -0.2) is 4.57 Å². The molecule has 1 N–H and O–H groups in total. The number of halogens is 3. The molecule has 0 radical (unpaired) electrons. The van der Waals surface area contributed by atoms with E-state index >= 15 is 0 Å². The number of hydrogen-bond donors (Lipinski definition) is 1. The number of phosphoric ester groups is 1. The first kappa shape index (κ1) is 26.8. The number of non-ortho nitro benzene ring substituents is 1. The van der Waals surface area contributed by atoms with E-state index < -0.39 is 70.2 Å². The lowest BCUT2D eigenvalue weighted by atomic mass is 10.0. The Balaban J connectivity index is 2.36. The average Bonchev–Trinajstić information content (AvgIpc) is 2.69. The van der Waals surface area contributed by atoms with Gasteiger partial charge in [0, 0.05) is 12.1 Å². The van der Waals surface area contributed by atoms with Crippen molar-refractivity contribution in [1.29, 1.82) is 0 Å².